The van der Waals surface area contributed by atoms with Gasteiger partial charge in [-0.15, -0.1) is 11.3 Å². The van der Waals surface area contributed by atoms with Crippen molar-refractivity contribution in [1.82, 2.24) is 19.7 Å². The van der Waals surface area contributed by atoms with Crippen LogP contribution < -0.4 is 5.32 Å². The minimum Gasteiger partial charge on any atom is -0.296 e. The standard InChI is InChI=1S/C18H13N5OS/c24-17(21-18-20-10-11-25-18)15-12-16(13-6-8-19-9-7-13)23(22-15)14-4-2-1-3-5-14/h1-12H,(H,20,21,24). The van der Waals surface area contributed by atoms with E-state index in [1.807, 2.05) is 42.5 Å². The summed E-state index contributed by atoms with van der Waals surface area (Å²) >= 11 is 1.36. The van der Waals surface area contributed by atoms with Crippen LogP contribution in [0.3, 0.4) is 0 Å². The summed E-state index contributed by atoms with van der Waals surface area (Å²) in [6.45, 7) is 0. The molecule has 0 unspecified atom stereocenters. The van der Waals surface area contributed by atoms with Crippen LogP contribution in [0.1, 0.15) is 10.5 Å². The molecule has 3 heterocycles. The number of benzene rings is 1. The number of carbonyl (C=O) groups is 1. The van der Waals surface area contributed by atoms with E-state index >= 15 is 0 Å². The van der Waals surface area contributed by atoms with Gasteiger partial charge in [-0.1, -0.05) is 18.2 Å². The molecule has 0 radical (unpaired) electrons. The molecule has 0 atom stereocenters. The highest BCUT2D eigenvalue weighted by molar-refractivity contribution is 7.13. The fourth-order valence-corrected chi connectivity index (χ4v) is 2.96. The lowest BCUT2D eigenvalue weighted by Crippen LogP contribution is -2.12. The summed E-state index contributed by atoms with van der Waals surface area (Å²) < 4.78 is 1.76. The van der Waals surface area contributed by atoms with Gasteiger partial charge < -0.3 is 0 Å². The first-order valence-corrected chi connectivity index (χ1v) is 8.46. The van der Waals surface area contributed by atoms with Gasteiger partial charge in [-0.3, -0.25) is 15.1 Å². The number of pyridine rings is 1. The van der Waals surface area contributed by atoms with E-state index in [2.05, 4.69) is 20.4 Å². The number of nitrogens with zero attached hydrogens (tertiary/aromatic N) is 4. The molecule has 0 spiro atoms. The molecule has 0 aliphatic heterocycles. The third kappa shape index (κ3) is 3.17. The topological polar surface area (TPSA) is 72.7 Å². The van der Waals surface area contributed by atoms with Crippen LogP contribution in [0.2, 0.25) is 0 Å². The molecule has 122 valence electrons. The second-order valence-corrected chi connectivity index (χ2v) is 6.08. The molecule has 6 nitrogen and oxygen atoms in total. The van der Waals surface area contributed by atoms with Gasteiger partial charge >= 0.3 is 0 Å². The Morgan fingerprint density at radius 2 is 1.84 bits per heavy atom. The summed E-state index contributed by atoms with van der Waals surface area (Å²) in [5.74, 6) is -0.292. The van der Waals surface area contributed by atoms with Crippen molar-refractivity contribution in [3.05, 3.63) is 78.2 Å². The predicted molar refractivity (Wildman–Crippen MR) is 96.9 cm³/mol. The van der Waals surface area contributed by atoms with E-state index in [4.69, 9.17) is 0 Å². The fraction of sp³-hybridized carbons (Fsp3) is 0. The summed E-state index contributed by atoms with van der Waals surface area (Å²) in [5.41, 5.74) is 2.95. The number of aromatic nitrogens is 4. The average molecular weight is 347 g/mol. The van der Waals surface area contributed by atoms with Gasteiger partial charge in [-0.2, -0.15) is 5.10 Å². The van der Waals surface area contributed by atoms with E-state index in [-0.39, 0.29) is 5.91 Å². The Balaban J connectivity index is 1.77. The van der Waals surface area contributed by atoms with E-state index in [1.54, 1.807) is 34.7 Å². The van der Waals surface area contributed by atoms with Crippen molar-refractivity contribution in [2.24, 2.45) is 0 Å². The van der Waals surface area contributed by atoms with Crippen molar-refractivity contribution in [1.29, 1.82) is 0 Å². The van der Waals surface area contributed by atoms with Gasteiger partial charge in [0.2, 0.25) is 0 Å². The number of nitrogens with one attached hydrogen (secondary N) is 1. The van der Waals surface area contributed by atoms with Crippen LogP contribution in [0.15, 0.2) is 72.5 Å². The summed E-state index contributed by atoms with van der Waals surface area (Å²) in [7, 11) is 0. The highest BCUT2D eigenvalue weighted by Crippen LogP contribution is 2.24. The van der Waals surface area contributed by atoms with Crippen LogP contribution in [0, 0.1) is 0 Å². The maximum Gasteiger partial charge on any atom is 0.277 e. The molecule has 0 aliphatic carbocycles. The number of rotatable bonds is 4. The number of hydrogen-bond donors (Lipinski definition) is 1. The third-order valence-corrected chi connectivity index (χ3v) is 4.26. The number of anilines is 1. The van der Waals surface area contributed by atoms with Crippen LogP contribution in [0.5, 0.6) is 0 Å². The van der Waals surface area contributed by atoms with Crippen LogP contribution >= 0.6 is 11.3 Å². The molecular weight excluding hydrogens is 334 g/mol. The van der Waals surface area contributed by atoms with Gasteiger partial charge in [0.1, 0.15) is 0 Å². The molecule has 0 bridgehead atoms. The molecule has 0 saturated carbocycles. The SMILES string of the molecule is O=C(Nc1nccs1)c1cc(-c2ccncc2)n(-c2ccccc2)n1. The van der Waals surface area contributed by atoms with Crippen molar-refractivity contribution < 1.29 is 4.79 Å². The molecule has 4 rings (SSSR count). The number of para-hydroxylation sites is 1. The fourth-order valence-electron chi connectivity index (χ4n) is 2.43. The van der Waals surface area contributed by atoms with Crippen molar-refractivity contribution in [3.63, 3.8) is 0 Å². The van der Waals surface area contributed by atoms with E-state index in [0.717, 1.165) is 16.9 Å². The second kappa shape index (κ2) is 6.66. The summed E-state index contributed by atoms with van der Waals surface area (Å²) in [5, 5.41) is 9.61. The van der Waals surface area contributed by atoms with E-state index in [1.165, 1.54) is 11.3 Å². The van der Waals surface area contributed by atoms with Gasteiger partial charge in [0.15, 0.2) is 10.8 Å². The molecule has 1 aromatic carbocycles. The van der Waals surface area contributed by atoms with Crippen molar-refractivity contribution >= 4 is 22.4 Å². The van der Waals surface area contributed by atoms with Crippen LogP contribution in [-0.2, 0) is 0 Å². The minimum absolute atomic E-state index is 0.292. The Morgan fingerprint density at radius 1 is 1.04 bits per heavy atom. The lowest BCUT2D eigenvalue weighted by Gasteiger charge is -2.06. The Labute approximate surface area is 147 Å². The zero-order valence-corrected chi connectivity index (χ0v) is 13.9. The second-order valence-electron chi connectivity index (χ2n) is 5.19. The Hall–Kier alpha value is -3.32. The maximum atomic E-state index is 12.5. The van der Waals surface area contributed by atoms with Gasteiger partial charge in [-0.05, 0) is 30.3 Å². The van der Waals surface area contributed by atoms with Crippen LogP contribution in [0.4, 0.5) is 5.13 Å². The quantitative estimate of drug-likeness (QED) is 0.612. The first-order valence-electron chi connectivity index (χ1n) is 7.58. The molecule has 0 fully saturated rings. The molecule has 7 heteroatoms. The van der Waals surface area contributed by atoms with E-state index < -0.39 is 0 Å². The third-order valence-electron chi connectivity index (χ3n) is 3.57. The Morgan fingerprint density at radius 3 is 2.56 bits per heavy atom. The monoisotopic (exact) mass is 347 g/mol. The van der Waals surface area contributed by atoms with Crippen molar-refractivity contribution in [2.45, 2.75) is 0 Å². The minimum atomic E-state index is -0.292. The highest BCUT2D eigenvalue weighted by Gasteiger charge is 2.17. The molecular formula is C18H13N5OS. The lowest BCUT2D eigenvalue weighted by molar-refractivity contribution is 0.102. The zero-order chi connectivity index (χ0) is 17.1. The molecule has 3 aromatic heterocycles. The first kappa shape index (κ1) is 15.2. The zero-order valence-electron chi connectivity index (χ0n) is 13.0. The summed E-state index contributed by atoms with van der Waals surface area (Å²) in [6.07, 6.45) is 5.07. The smallest absolute Gasteiger partial charge is 0.277 e. The number of thiazole rings is 1. The van der Waals surface area contributed by atoms with Crippen molar-refractivity contribution in [2.75, 3.05) is 5.32 Å². The largest absolute Gasteiger partial charge is 0.296 e. The molecule has 0 aliphatic rings. The van der Waals surface area contributed by atoms with E-state index in [9.17, 15) is 4.79 Å². The summed E-state index contributed by atoms with van der Waals surface area (Å²) in [6, 6.07) is 15.2. The van der Waals surface area contributed by atoms with Gasteiger partial charge in [0, 0.05) is 29.5 Å². The van der Waals surface area contributed by atoms with Crippen LogP contribution in [-0.4, -0.2) is 25.7 Å². The average Bonchev–Trinajstić information content (AvgIpc) is 3.33. The molecule has 0 saturated heterocycles. The van der Waals surface area contributed by atoms with Crippen molar-refractivity contribution in [3.8, 4) is 16.9 Å². The highest BCUT2D eigenvalue weighted by atomic mass is 32.1. The maximum absolute atomic E-state index is 12.5. The van der Waals surface area contributed by atoms with E-state index in [0.29, 0.717) is 10.8 Å². The van der Waals surface area contributed by atoms with Gasteiger partial charge in [0.25, 0.3) is 5.91 Å². The lowest BCUT2D eigenvalue weighted by atomic mass is 10.2. The molecule has 1 amide bonds. The molecule has 4 aromatic rings. The van der Waals surface area contributed by atoms with Gasteiger partial charge in [0.05, 0.1) is 11.4 Å². The molecule has 1 N–H and O–H groups in total. The number of carbonyl (C=O) groups excluding carboxylic acids is 1. The Kier molecular flexibility index (Phi) is 4.05. The van der Waals surface area contributed by atoms with Gasteiger partial charge in [-0.25, -0.2) is 9.67 Å². The normalized spacial score (nSPS) is 10.6. The first-order chi connectivity index (χ1) is 12.3. The molecule has 25 heavy (non-hydrogen) atoms. The number of hydrogen-bond acceptors (Lipinski definition) is 5. The number of amides is 1. The summed E-state index contributed by atoms with van der Waals surface area (Å²) in [4.78, 5) is 20.6. The van der Waals surface area contributed by atoms with Crippen LogP contribution in [0.25, 0.3) is 16.9 Å². The predicted octanol–water partition coefficient (Wildman–Crippen LogP) is 3.64. The Bertz CT molecular complexity index is 924.